The molecule has 5 rings (SSSR count). The number of carbonyl (C=O) groups excluding carboxylic acids is 2. The number of benzene rings is 4. The van der Waals surface area contributed by atoms with Crippen molar-refractivity contribution in [1.29, 1.82) is 0 Å². The number of carbonyl (C=O) groups is 2. The van der Waals surface area contributed by atoms with E-state index in [0.29, 0.717) is 27.1 Å². The van der Waals surface area contributed by atoms with E-state index in [-0.39, 0.29) is 46.8 Å². The molecule has 1 aliphatic rings. The van der Waals surface area contributed by atoms with Crippen molar-refractivity contribution < 1.29 is 22.7 Å². The molecule has 41 heavy (non-hydrogen) atoms. The second kappa shape index (κ2) is 13.1. The Labute approximate surface area is 264 Å². The third-order valence-corrected chi connectivity index (χ3v) is 8.44. The number of nitrogens with zero attached hydrogens (tertiary/aromatic N) is 1. The number of amides is 2. The quantitative estimate of drug-likeness (QED) is 0.236. The van der Waals surface area contributed by atoms with Crippen LogP contribution in [-0.4, -0.2) is 62.1 Å². The van der Waals surface area contributed by atoms with Gasteiger partial charge in [-0.15, -0.1) is 0 Å². The average molecular weight is 596 g/mol. The predicted octanol–water partition coefficient (Wildman–Crippen LogP) is 4.64. The van der Waals surface area contributed by atoms with E-state index in [4.69, 9.17) is 4.74 Å². The number of anilines is 1. The number of aliphatic imine (C=N–C) groups is 1. The van der Waals surface area contributed by atoms with Crippen LogP contribution in [0.25, 0.3) is 16.8 Å². The Hall–Kier alpha value is -3.41. The molecule has 0 radical (unpaired) electrons. The van der Waals surface area contributed by atoms with E-state index < -0.39 is 15.9 Å². The summed E-state index contributed by atoms with van der Waals surface area (Å²) in [6, 6.07) is 25.0. The molecular weight excluding hydrogens is 569 g/mol. The number of fused-ring (bicyclic) bond motifs is 1. The summed E-state index contributed by atoms with van der Waals surface area (Å²) in [6.07, 6.45) is 1.66. The van der Waals surface area contributed by atoms with Gasteiger partial charge >= 0.3 is 29.6 Å². The van der Waals surface area contributed by atoms with E-state index in [0.717, 1.165) is 21.9 Å². The summed E-state index contributed by atoms with van der Waals surface area (Å²) >= 11 is 1.22. The zero-order chi connectivity index (χ0) is 28.3. The number of hydrogen-bond acceptors (Lipinski definition) is 7. The minimum atomic E-state index is -3.94. The van der Waals surface area contributed by atoms with Crippen molar-refractivity contribution >= 4 is 90.9 Å². The van der Waals surface area contributed by atoms with Gasteiger partial charge in [-0.05, 0) is 77.5 Å². The molecule has 0 unspecified atom stereocenters. The van der Waals surface area contributed by atoms with Crippen LogP contribution >= 0.6 is 11.8 Å². The van der Waals surface area contributed by atoms with Crippen LogP contribution in [0.15, 0.2) is 99.7 Å². The molecule has 0 aromatic heterocycles. The summed E-state index contributed by atoms with van der Waals surface area (Å²) in [6.45, 7) is 1.85. The van der Waals surface area contributed by atoms with Crippen molar-refractivity contribution in [1.82, 2.24) is 4.72 Å². The second-order valence-corrected chi connectivity index (χ2v) is 11.8. The molecule has 1 aliphatic heterocycles. The Kier molecular flexibility index (Phi) is 9.72. The van der Waals surface area contributed by atoms with Crippen LogP contribution in [0.5, 0.6) is 5.75 Å². The first-order valence-corrected chi connectivity index (χ1v) is 14.6. The first kappa shape index (κ1) is 30.5. The average Bonchev–Trinajstić information content (AvgIpc) is 3.27. The Bertz CT molecular complexity index is 1790. The molecule has 0 bridgehead atoms. The van der Waals surface area contributed by atoms with Gasteiger partial charge in [0.1, 0.15) is 5.75 Å². The minimum absolute atomic E-state index is 0. The normalized spacial score (nSPS) is 14.0. The van der Waals surface area contributed by atoms with Crippen molar-refractivity contribution in [2.24, 2.45) is 4.99 Å². The number of methoxy groups -OCH3 is 1. The van der Waals surface area contributed by atoms with Crippen molar-refractivity contribution in [2.45, 2.75) is 18.2 Å². The van der Waals surface area contributed by atoms with E-state index in [1.807, 2.05) is 43.3 Å². The van der Waals surface area contributed by atoms with Crippen molar-refractivity contribution in [3.05, 3.63) is 107 Å². The Morgan fingerprint density at radius 2 is 1.63 bits per heavy atom. The van der Waals surface area contributed by atoms with Crippen LogP contribution in [0.1, 0.15) is 16.7 Å². The molecule has 0 saturated heterocycles. The van der Waals surface area contributed by atoms with Gasteiger partial charge in [-0.1, -0.05) is 54.1 Å². The molecule has 0 aliphatic carbocycles. The fraction of sp³-hybridized carbons (Fsp3) is 0.100. The summed E-state index contributed by atoms with van der Waals surface area (Å²) in [5, 5.41) is 5.61. The van der Waals surface area contributed by atoms with Crippen LogP contribution in [0.3, 0.4) is 0 Å². The summed E-state index contributed by atoms with van der Waals surface area (Å²) in [5.74, 6) is -0.334. The predicted molar refractivity (Wildman–Crippen MR) is 166 cm³/mol. The molecule has 204 valence electrons. The van der Waals surface area contributed by atoms with Crippen molar-refractivity contribution in [3.63, 3.8) is 0 Å². The first-order valence-electron chi connectivity index (χ1n) is 12.3. The third-order valence-electron chi connectivity index (χ3n) is 6.15. The number of amidine groups is 1. The van der Waals surface area contributed by atoms with Crippen LogP contribution in [0.4, 0.5) is 5.69 Å². The molecule has 1 heterocycles. The molecule has 0 saturated carbocycles. The number of hydrogen-bond donors (Lipinski definition) is 2. The standard InChI is InChI=1S/C30H25N3O5S2.Na.H/c1-19-7-13-25(14-8-19)40(36,37)33-28(34)15-20-9-11-24(12-10-20)31-30-32-29(35)27(39-30)18-23-16-21-5-3-4-6-22(21)17-26(23)38-2;;/h3-14,16-18H,15H2,1-2H3,(H,33,34)(H,31,32,35);;. The van der Waals surface area contributed by atoms with Crippen LogP contribution in [-0.2, 0) is 26.0 Å². The fourth-order valence-electron chi connectivity index (χ4n) is 4.11. The Morgan fingerprint density at radius 3 is 2.29 bits per heavy atom. The van der Waals surface area contributed by atoms with Gasteiger partial charge in [0.2, 0.25) is 5.91 Å². The second-order valence-electron chi connectivity index (χ2n) is 9.11. The topological polar surface area (TPSA) is 114 Å². The van der Waals surface area contributed by atoms with Crippen LogP contribution in [0, 0.1) is 6.92 Å². The van der Waals surface area contributed by atoms with Crippen LogP contribution in [0.2, 0.25) is 0 Å². The van der Waals surface area contributed by atoms with Gasteiger partial charge in [-0.3, -0.25) is 9.59 Å². The Morgan fingerprint density at radius 1 is 0.976 bits per heavy atom. The maximum atomic E-state index is 12.6. The summed E-state index contributed by atoms with van der Waals surface area (Å²) in [5.41, 5.74) is 2.99. The Balaban J connectivity index is 0.00000387. The maximum absolute atomic E-state index is 12.6. The van der Waals surface area contributed by atoms with E-state index in [2.05, 4.69) is 15.0 Å². The molecule has 4 aromatic carbocycles. The van der Waals surface area contributed by atoms with E-state index in [1.165, 1.54) is 23.9 Å². The van der Waals surface area contributed by atoms with Crippen molar-refractivity contribution in [2.75, 3.05) is 12.4 Å². The van der Waals surface area contributed by atoms with Gasteiger partial charge in [-0.2, -0.15) is 4.99 Å². The van der Waals surface area contributed by atoms with Gasteiger partial charge in [-0.25, -0.2) is 13.1 Å². The SMILES string of the molecule is COc1cc2ccccc2cc1C=C1SC(Nc2ccc(CC(=O)NS(=O)(=O)c3ccc(C)cc3)cc2)=NC1=O.[NaH]. The monoisotopic (exact) mass is 595 g/mol. The van der Waals surface area contributed by atoms with Gasteiger partial charge in [0.15, 0.2) is 5.17 Å². The fourth-order valence-corrected chi connectivity index (χ4v) is 5.92. The van der Waals surface area contributed by atoms with Gasteiger partial charge in [0.05, 0.1) is 23.3 Å². The number of thioether (sulfide) groups is 1. The zero-order valence-corrected chi connectivity index (χ0v) is 23.3. The number of nitrogens with one attached hydrogen (secondary N) is 2. The molecule has 0 spiro atoms. The number of ether oxygens (including phenoxy) is 1. The molecule has 2 N–H and O–H groups in total. The molecule has 11 heteroatoms. The molecular formula is C30H26N3NaO5S2. The van der Waals surface area contributed by atoms with Gasteiger partial charge < -0.3 is 10.1 Å². The van der Waals surface area contributed by atoms with Crippen LogP contribution < -0.4 is 14.8 Å². The zero-order valence-electron chi connectivity index (χ0n) is 21.7. The molecule has 0 atom stereocenters. The first-order chi connectivity index (χ1) is 19.2. The van der Waals surface area contributed by atoms with Gasteiger partial charge in [0.25, 0.3) is 15.9 Å². The molecule has 2 amide bonds. The van der Waals surface area contributed by atoms with E-state index >= 15 is 0 Å². The number of aryl methyl sites for hydroxylation is 1. The molecule has 0 fully saturated rings. The third kappa shape index (κ3) is 7.46. The van der Waals surface area contributed by atoms with Crippen molar-refractivity contribution in [3.8, 4) is 5.75 Å². The summed E-state index contributed by atoms with van der Waals surface area (Å²) in [7, 11) is -2.35. The van der Waals surface area contributed by atoms with E-state index in [9.17, 15) is 18.0 Å². The number of sulfonamides is 1. The van der Waals surface area contributed by atoms with Gasteiger partial charge in [0, 0.05) is 11.3 Å². The number of rotatable bonds is 7. The summed E-state index contributed by atoms with van der Waals surface area (Å²) < 4.78 is 32.6. The summed E-state index contributed by atoms with van der Waals surface area (Å²) in [4.78, 5) is 29.6. The molecule has 4 aromatic rings. The van der Waals surface area contributed by atoms with E-state index in [1.54, 1.807) is 49.6 Å². The molecule has 8 nitrogen and oxygen atoms in total.